The Labute approximate surface area is 87.7 Å². The topological polar surface area (TPSA) is 60.9 Å². The fraction of sp³-hybridized carbons (Fsp3) is 0.273. The molecule has 0 bridgehead atoms. The monoisotopic (exact) mass is 203 g/mol. The number of hydrogen-bond donors (Lipinski definition) is 1. The van der Waals surface area contributed by atoms with Crippen molar-refractivity contribution in [2.45, 2.75) is 13.8 Å². The second-order valence-electron chi connectivity index (χ2n) is 3.73. The number of nitrogens with zero attached hydrogens (tertiary/aromatic N) is 2. The minimum absolute atomic E-state index is 0.304. The van der Waals surface area contributed by atoms with Crippen LogP contribution in [0.2, 0.25) is 0 Å². The predicted molar refractivity (Wildman–Crippen MR) is 58.7 cm³/mol. The summed E-state index contributed by atoms with van der Waals surface area (Å²) in [5.74, 6) is -0.190. The van der Waals surface area contributed by atoms with Crippen molar-refractivity contribution in [3.63, 3.8) is 0 Å². The Bertz CT molecular complexity index is 554. The van der Waals surface area contributed by atoms with Crippen LogP contribution in [0.15, 0.2) is 12.1 Å². The summed E-state index contributed by atoms with van der Waals surface area (Å²) in [7, 11) is 1.81. The smallest absolute Gasteiger partial charge is 0.284 e. The van der Waals surface area contributed by atoms with Gasteiger partial charge in [0.05, 0.1) is 11.0 Å². The first-order valence-electron chi connectivity index (χ1n) is 4.75. The Balaban J connectivity index is 2.89. The summed E-state index contributed by atoms with van der Waals surface area (Å²) in [6.45, 7) is 4.05. The van der Waals surface area contributed by atoms with Crippen molar-refractivity contribution in [1.82, 2.24) is 9.55 Å². The maximum absolute atomic E-state index is 11.1. The number of benzene rings is 1. The number of carbonyl (C=O) groups excluding carboxylic acids is 1. The van der Waals surface area contributed by atoms with Crippen LogP contribution >= 0.6 is 0 Å². The highest BCUT2D eigenvalue weighted by Crippen LogP contribution is 2.21. The van der Waals surface area contributed by atoms with E-state index < -0.39 is 5.91 Å². The molecule has 1 heterocycles. The number of nitrogens with two attached hydrogens (primary N) is 1. The Hall–Kier alpha value is -1.84. The number of amides is 1. The quantitative estimate of drug-likeness (QED) is 0.759. The van der Waals surface area contributed by atoms with E-state index in [1.165, 1.54) is 5.56 Å². The zero-order valence-corrected chi connectivity index (χ0v) is 9.03. The Morgan fingerprint density at radius 3 is 2.67 bits per heavy atom. The van der Waals surface area contributed by atoms with Gasteiger partial charge in [-0.05, 0) is 31.0 Å². The van der Waals surface area contributed by atoms with Gasteiger partial charge in [0, 0.05) is 7.05 Å². The molecule has 0 radical (unpaired) electrons. The van der Waals surface area contributed by atoms with Gasteiger partial charge in [-0.1, -0.05) is 6.07 Å². The van der Waals surface area contributed by atoms with Crippen LogP contribution in [0, 0.1) is 13.8 Å². The number of hydrogen-bond acceptors (Lipinski definition) is 2. The van der Waals surface area contributed by atoms with Crippen LogP contribution in [0.25, 0.3) is 11.0 Å². The van der Waals surface area contributed by atoms with E-state index in [1.807, 2.05) is 33.0 Å². The lowest BCUT2D eigenvalue weighted by atomic mass is 10.1. The fourth-order valence-electron chi connectivity index (χ4n) is 1.82. The van der Waals surface area contributed by atoms with Crippen molar-refractivity contribution in [2.75, 3.05) is 0 Å². The van der Waals surface area contributed by atoms with Crippen molar-refractivity contribution in [1.29, 1.82) is 0 Å². The third kappa shape index (κ3) is 1.29. The van der Waals surface area contributed by atoms with E-state index >= 15 is 0 Å². The Morgan fingerprint density at radius 2 is 2.07 bits per heavy atom. The molecule has 2 aromatic rings. The van der Waals surface area contributed by atoms with E-state index in [2.05, 4.69) is 4.98 Å². The molecule has 4 heteroatoms. The third-order valence-electron chi connectivity index (χ3n) is 2.78. The largest absolute Gasteiger partial charge is 0.363 e. The summed E-state index contributed by atoms with van der Waals surface area (Å²) in [4.78, 5) is 15.3. The van der Waals surface area contributed by atoms with Crippen molar-refractivity contribution in [2.24, 2.45) is 12.8 Å². The van der Waals surface area contributed by atoms with Gasteiger partial charge >= 0.3 is 0 Å². The third-order valence-corrected chi connectivity index (χ3v) is 2.78. The maximum atomic E-state index is 11.1. The van der Waals surface area contributed by atoms with E-state index in [4.69, 9.17) is 5.73 Å². The summed E-state index contributed by atoms with van der Waals surface area (Å²) in [5.41, 5.74) is 9.35. The first kappa shape index (κ1) is 9.71. The molecule has 0 atom stereocenters. The molecule has 0 unspecified atom stereocenters. The molecule has 0 aliphatic carbocycles. The molecule has 0 aliphatic rings. The average molecular weight is 203 g/mol. The first-order valence-corrected chi connectivity index (χ1v) is 4.75. The first-order chi connectivity index (χ1) is 7.02. The molecule has 0 fully saturated rings. The Kier molecular flexibility index (Phi) is 2.00. The highest BCUT2D eigenvalue weighted by atomic mass is 16.1. The number of aromatic nitrogens is 2. The van der Waals surface area contributed by atoms with Crippen LogP contribution in [0.4, 0.5) is 0 Å². The van der Waals surface area contributed by atoms with Gasteiger partial charge in [0.2, 0.25) is 0 Å². The van der Waals surface area contributed by atoms with Crippen molar-refractivity contribution < 1.29 is 4.79 Å². The van der Waals surface area contributed by atoms with Gasteiger partial charge in [0.25, 0.3) is 5.91 Å². The van der Waals surface area contributed by atoms with Crippen molar-refractivity contribution in [3.8, 4) is 0 Å². The normalized spacial score (nSPS) is 10.9. The van der Waals surface area contributed by atoms with Crippen LogP contribution in [0.1, 0.15) is 21.7 Å². The molecule has 4 nitrogen and oxygen atoms in total. The maximum Gasteiger partial charge on any atom is 0.284 e. The molecule has 0 aliphatic heterocycles. The molecular formula is C11H13N3O. The lowest BCUT2D eigenvalue weighted by Gasteiger charge is -2.03. The number of primary amides is 1. The zero-order chi connectivity index (χ0) is 11.2. The standard InChI is InChI=1S/C11H13N3O/c1-6-4-5-8-9(7(6)2)14(3)11(13-8)10(12)15/h4-5H,1-3H3,(H2,12,15). The van der Waals surface area contributed by atoms with Crippen molar-refractivity contribution >= 4 is 16.9 Å². The van der Waals surface area contributed by atoms with Gasteiger partial charge in [-0.15, -0.1) is 0 Å². The van der Waals surface area contributed by atoms with E-state index in [0.717, 1.165) is 16.6 Å². The SMILES string of the molecule is Cc1ccc2nc(C(N)=O)n(C)c2c1C. The molecule has 0 spiro atoms. The fourth-order valence-corrected chi connectivity index (χ4v) is 1.82. The van der Waals surface area contributed by atoms with Gasteiger partial charge < -0.3 is 10.3 Å². The van der Waals surface area contributed by atoms with Gasteiger partial charge in [0.15, 0.2) is 5.82 Å². The molecular weight excluding hydrogens is 190 g/mol. The number of rotatable bonds is 1. The summed E-state index contributed by atoms with van der Waals surface area (Å²) in [5, 5.41) is 0. The van der Waals surface area contributed by atoms with Gasteiger partial charge in [-0.3, -0.25) is 4.79 Å². The number of aryl methyl sites for hydroxylation is 3. The van der Waals surface area contributed by atoms with Crippen LogP contribution in [0.3, 0.4) is 0 Å². The van der Waals surface area contributed by atoms with E-state index in [1.54, 1.807) is 4.57 Å². The molecule has 0 saturated carbocycles. The van der Waals surface area contributed by atoms with Crippen LogP contribution in [-0.4, -0.2) is 15.5 Å². The molecule has 2 rings (SSSR count). The average Bonchev–Trinajstić information content (AvgIpc) is 2.50. The predicted octanol–water partition coefficient (Wildman–Crippen LogP) is 1.29. The minimum atomic E-state index is -0.495. The number of imidazole rings is 1. The molecule has 78 valence electrons. The molecule has 1 aromatic heterocycles. The van der Waals surface area contributed by atoms with Crippen molar-refractivity contribution in [3.05, 3.63) is 29.1 Å². The van der Waals surface area contributed by atoms with E-state index in [-0.39, 0.29) is 0 Å². The summed E-state index contributed by atoms with van der Waals surface area (Å²) in [6.07, 6.45) is 0. The lowest BCUT2D eigenvalue weighted by molar-refractivity contribution is 0.0988. The molecule has 1 aromatic carbocycles. The minimum Gasteiger partial charge on any atom is -0.363 e. The highest BCUT2D eigenvalue weighted by Gasteiger charge is 2.14. The van der Waals surface area contributed by atoms with Gasteiger partial charge in [-0.2, -0.15) is 0 Å². The van der Waals surface area contributed by atoms with Crippen LogP contribution in [0.5, 0.6) is 0 Å². The molecule has 2 N–H and O–H groups in total. The Morgan fingerprint density at radius 1 is 1.40 bits per heavy atom. The second kappa shape index (κ2) is 3.08. The molecule has 0 saturated heterocycles. The highest BCUT2D eigenvalue weighted by molar-refractivity contribution is 5.94. The van der Waals surface area contributed by atoms with E-state index in [9.17, 15) is 4.79 Å². The van der Waals surface area contributed by atoms with Gasteiger partial charge in [-0.25, -0.2) is 4.98 Å². The second-order valence-corrected chi connectivity index (χ2v) is 3.73. The molecule has 15 heavy (non-hydrogen) atoms. The van der Waals surface area contributed by atoms with Crippen LogP contribution in [-0.2, 0) is 7.05 Å². The van der Waals surface area contributed by atoms with Gasteiger partial charge in [0.1, 0.15) is 0 Å². The molecule has 1 amide bonds. The summed E-state index contributed by atoms with van der Waals surface area (Å²) in [6, 6.07) is 3.90. The summed E-state index contributed by atoms with van der Waals surface area (Å²) >= 11 is 0. The van der Waals surface area contributed by atoms with E-state index in [0.29, 0.717) is 5.82 Å². The number of carbonyl (C=O) groups is 1. The number of fused-ring (bicyclic) bond motifs is 1. The summed E-state index contributed by atoms with van der Waals surface area (Å²) < 4.78 is 1.75. The zero-order valence-electron chi connectivity index (χ0n) is 9.03. The lowest BCUT2D eigenvalue weighted by Crippen LogP contribution is -2.16. The van der Waals surface area contributed by atoms with Crippen LogP contribution < -0.4 is 5.73 Å².